The molecule has 0 radical (unpaired) electrons. The van der Waals surface area contributed by atoms with Crippen molar-refractivity contribution < 1.29 is 5.11 Å². The molecule has 3 aromatic carbocycles. The van der Waals surface area contributed by atoms with Crippen molar-refractivity contribution in [3.8, 4) is 11.6 Å². The first-order valence-electron chi connectivity index (χ1n) is 8.78. The van der Waals surface area contributed by atoms with Gasteiger partial charge in [0.2, 0.25) is 5.88 Å². The van der Waals surface area contributed by atoms with E-state index in [-0.39, 0.29) is 11.4 Å². The summed E-state index contributed by atoms with van der Waals surface area (Å²) in [6.07, 6.45) is 1.58. The summed E-state index contributed by atoms with van der Waals surface area (Å²) >= 11 is 6.29. The number of aliphatic imine (C=N–C) groups is 1. The maximum absolute atomic E-state index is 13.1. The van der Waals surface area contributed by atoms with Crippen LogP contribution in [-0.4, -0.2) is 15.9 Å². The Morgan fingerprint density at radius 1 is 0.964 bits per heavy atom. The van der Waals surface area contributed by atoms with Crippen LogP contribution >= 0.6 is 11.6 Å². The van der Waals surface area contributed by atoms with Gasteiger partial charge in [-0.25, -0.2) is 4.57 Å². The normalized spacial score (nSPS) is 11.4. The summed E-state index contributed by atoms with van der Waals surface area (Å²) < 4.78 is 1.22. The highest BCUT2D eigenvalue weighted by Gasteiger charge is 2.17. The molecular weight excluding hydrogens is 372 g/mol. The quantitative estimate of drug-likeness (QED) is 0.477. The zero-order valence-electron chi connectivity index (χ0n) is 15.1. The van der Waals surface area contributed by atoms with Gasteiger partial charge in [-0.2, -0.15) is 0 Å². The number of rotatable bonds is 3. The smallest absolute Gasteiger partial charge is 0.265 e. The molecule has 0 saturated carbocycles. The van der Waals surface area contributed by atoms with E-state index < -0.39 is 0 Å². The van der Waals surface area contributed by atoms with Gasteiger partial charge >= 0.3 is 0 Å². The lowest BCUT2D eigenvalue weighted by molar-refractivity contribution is 0.436. The van der Waals surface area contributed by atoms with Gasteiger partial charge in [0.25, 0.3) is 5.56 Å². The molecule has 0 bridgehead atoms. The summed E-state index contributed by atoms with van der Waals surface area (Å²) in [5.41, 5.74) is 2.39. The van der Waals surface area contributed by atoms with E-state index in [1.165, 1.54) is 4.57 Å². The van der Waals surface area contributed by atoms with Crippen LogP contribution in [0.5, 0.6) is 5.88 Å². The van der Waals surface area contributed by atoms with Gasteiger partial charge in [0.15, 0.2) is 0 Å². The molecule has 4 rings (SSSR count). The Bertz CT molecular complexity index is 1280. The SMILES string of the molecule is Cc1cccc(N=Cc2c(O)n(-c3ccccc3Cl)c(=O)c3ccccc23)c1. The van der Waals surface area contributed by atoms with Crippen LogP contribution in [0, 0.1) is 6.92 Å². The maximum Gasteiger partial charge on any atom is 0.265 e. The molecule has 0 saturated heterocycles. The molecule has 0 amide bonds. The highest BCUT2D eigenvalue weighted by atomic mass is 35.5. The first kappa shape index (κ1) is 18.0. The molecule has 5 heteroatoms. The summed E-state index contributed by atoms with van der Waals surface area (Å²) in [7, 11) is 0. The van der Waals surface area contributed by atoms with Gasteiger partial charge < -0.3 is 5.11 Å². The molecule has 0 spiro atoms. The summed E-state index contributed by atoms with van der Waals surface area (Å²) in [6, 6.07) is 21.8. The van der Waals surface area contributed by atoms with E-state index in [1.807, 2.05) is 37.3 Å². The average Bonchev–Trinajstić information content (AvgIpc) is 2.69. The number of nitrogens with zero attached hydrogens (tertiary/aromatic N) is 2. The van der Waals surface area contributed by atoms with E-state index in [1.54, 1.807) is 48.7 Å². The molecule has 0 aliphatic rings. The standard InChI is InChI=1S/C23H17ClN2O2/c1-15-7-6-8-16(13-15)25-14-19-17-9-2-3-10-18(17)22(27)26(23(19)28)21-12-5-4-11-20(21)24/h2-14,28H,1H3. The molecule has 1 heterocycles. The summed E-state index contributed by atoms with van der Waals surface area (Å²) in [6.45, 7) is 1.99. The third-order valence-corrected chi connectivity index (χ3v) is 4.86. The van der Waals surface area contributed by atoms with E-state index in [0.717, 1.165) is 11.3 Å². The second-order valence-electron chi connectivity index (χ2n) is 6.47. The molecule has 4 nitrogen and oxygen atoms in total. The number of benzene rings is 3. The lowest BCUT2D eigenvalue weighted by atomic mass is 10.1. The first-order valence-corrected chi connectivity index (χ1v) is 9.16. The Balaban J connectivity index is 2.01. The third-order valence-electron chi connectivity index (χ3n) is 4.54. The average molecular weight is 389 g/mol. The number of hydrogen-bond donors (Lipinski definition) is 1. The van der Waals surface area contributed by atoms with Gasteiger partial charge in [-0.05, 0) is 42.8 Å². The second kappa shape index (κ2) is 7.33. The second-order valence-corrected chi connectivity index (χ2v) is 6.88. The van der Waals surface area contributed by atoms with Crippen LogP contribution in [0.15, 0.2) is 82.6 Å². The Morgan fingerprint density at radius 2 is 1.68 bits per heavy atom. The zero-order chi connectivity index (χ0) is 19.7. The van der Waals surface area contributed by atoms with Crippen molar-refractivity contribution in [2.75, 3.05) is 0 Å². The van der Waals surface area contributed by atoms with E-state index in [0.29, 0.717) is 27.0 Å². The van der Waals surface area contributed by atoms with Crippen LogP contribution < -0.4 is 5.56 Å². The van der Waals surface area contributed by atoms with Crippen molar-refractivity contribution in [1.29, 1.82) is 0 Å². The summed E-state index contributed by atoms with van der Waals surface area (Å²) in [4.78, 5) is 17.6. The Morgan fingerprint density at radius 3 is 2.43 bits per heavy atom. The van der Waals surface area contributed by atoms with Crippen LogP contribution in [0.2, 0.25) is 5.02 Å². The minimum absolute atomic E-state index is 0.201. The van der Waals surface area contributed by atoms with E-state index >= 15 is 0 Å². The summed E-state index contributed by atoms with van der Waals surface area (Å²) in [5.74, 6) is -0.201. The van der Waals surface area contributed by atoms with Crippen molar-refractivity contribution in [3.63, 3.8) is 0 Å². The number of aromatic hydroxyl groups is 1. The Kier molecular flexibility index (Phi) is 4.72. The topological polar surface area (TPSA) is 54.6 Å². The van der Waals surface area contributed by atoms with Gasteiger partial charge in [0, 0.05) is 17.0 Å². The van der Waals surface area contributed by atoms with Crippen molar-refractivity contribution in [2.45, 2.75) is 6.92 Å². The molecule has 0 aliphatic carbocycles. The highest BCUT2D eigenvalue weighted by molar-refractivity contribution is 6.32. The lowest BCUT2D eigenvalue weighted by Crippen LogP contribution is -2.20. The molecule has 138 valence electrons. The predicted molar refractivity (Wildman–Crippen MR) is 115 cm³/mol. The molecule has 0 atom stereocenters. The molecule has 4 aromatic rings. The van der Waals surface area contributed by atoms with Crippen LogP contribution in [0.25, 0.3) is 16.5 Å². The number of aromatic nitrogens is 1. The van der Waals surface area contributed by atoms with E-state index in [4.69, 9.17) is 11.6 Å². The monoisotopic (exact) mass is 388 g/mol. The molecule has 0 aliphatic heterocycles. The molecule has 28 heavy (non-hydrogen) atoms. The van der Waals surface area contributed by atoms with Crippen molar-refractivity contribution in [3.05, 3.63) is 99.3 Å². The molecule has 0 unspecified atom stereocenters. The number of fused-ring (bicyclic) bond motifs is 1. The first-order chi connectivity index (χ1) is 13.6. The van der Waals surface area contributed by atoms with Crippen molar-refractivity contribution in [1.82, 2.24) is 4.57 Å². The number of aryl methyl sites for hydroxylation is 1. The number of hydrogen-bond acceptors (Lipinski definition) is 3. The Hall–Kier alpha value is -3.37. The van der Waals surface area contributed by atoms with Crippen molar-refractivity contribution in [2.24, 2.45) is 4.99 Å². The van der Waals surface area contributed by atoms with Gasteiger partial charge in [-0.15, -0.1) is 0 Å². The Labute approximate surface area is 167 Å². The van der Waals surface area contributed by atoms with E-state index in [2.05, 4.69) is 4.99 Å². The van der Waals surface area contributed by atoms with Gasteiger partial charge in [0.05, 0.1) is 22.0 Å². The molecule has 1 aromatic heterocycles. The zero-order valence-corrected chi connectivity index (χ0v) is 15.9. The number of halogens is 1. The summed E-state index contributed by atoms with van der Waals surface area (Å²) in [5, 5.41) is 12.5. The van der Waals surface area contributed by atoms with Crippen LogP contribution in [0.1, 0.15) is 11.1 Å². The molecule has 0 fully saturated rings. The van der Waals surface area contributed by atoms with Gasteiger partial charge in [0.1, 0.15) is 0 Å². The minimum Gasteiger partial charge on any atom is -0.494 e. The number of pyridine rings is 1. The fourth-order valence-corrected chi connectivity index (χ4v) is 3.41. The van der Waals surface area contributed by atoms with Gasteiger partial charge in [-0.3, -0.25) is 9.79 Å². The molecular formula is C23H17ClN2O2. The highest BCUT2D eigenvalue weighted by Crippen LogP contribution is 2.29. The molecule has 1 N–H and O–H groups in total. The lowest BCUT2D eigenvalue weighted by Gasteiger charge is -2.14. The van der Waals surface area contributed by atoms with Crippen LogP contribution in [-0.2, 0) is 0 Å². The number of para-hydroxylation sites is 1. The van der Waals surface area contributed by atoms with Crippen LogP contribution in [0.3, 0.4) is 0 Å². The predicted octanol–water partition coefficient (Wildman–Crippen LogP) is 5.41. The maximum atomic E-state index is 13.1. The van der Waals surface area contributed by atoms with Crippen molar-refractivity contribution >= 4 is 34.3 Å². The largest absolute Gasteiger partial charge is 0.494 e. The van der Waals surface area contributed by atoms with Gasteiger partial charge in [-0.1, -0.05) is 54.1 Å². The fraction of sp³-hybridized carbons (Fsp3) is 0.0435. The third kappa shape index (κ3) is 3.19. The van der Waals surface area contributed by atoms with Crippen LogP contribution in [0.4, 0.5) is 5.69 Å². The fourth-order valence-electron chi connectivity index (χ4n) is 3.19. The minimum atomic E-state index is -0.339. The van der Waals surface area contributed by atoms with E-state index in [9.17, 15) is 9.90 Å².